The van der Waals surface area contributed by atoms with Crippen LogP contribution < -0.4 is 5.73 Å². The van der Waals surface area contributed by atoms with Crippen molar-refractivity contribution in [3.05, 3.63) is 35.7 Å². The minimum Gasteiger partial charge on any atom is -0.413 e. The second-order valence-corrected chi connectivity index (χ2v) is 3.31. The molecule has 0 radical (unpaired) electrons. The second-order valence-electron chi connectivity index (χ2n) is 3.31. The third-order valence-electron chi connectivity index (χ3n) is 2.10. The normalized spacial score (nSPS) is 11.8. The zero-order chi connectivity index (χ0) is 12.5. The van der Waals surface area contributed by atoms with Gasteiger partial charge in [0.05, 0.1) is 0 Å². The van der Waals surface area contributed by atoms with E-state index in [1.807, 2.05) is 0 Å². The van der Waals surface area contributed by atoms with Crippen LogP contribution in [0.1, 0.15) is 11.5 Å². The Morgan fingerprint density at radius 3 is 2.24 bits per heavy atom. The number of rotatable bonds is 2. The Labute approximate surface area is 94.3 Å². The molecule has 0 spiro atoms. The molecule has 2 rings (SSSR count). The van der Waals surface area contributed by atoms with E-state index >= 15 is 0 Å². The summed E-state index contributed by atoms with van der Waals surface area (Å²) in [5.41, 5.74) is 6.69. The molecule has 90 valence electrons. The van der Waals surface area contributed by atoms with E-state index in [0.717, 1.165) is 5.56 Å². The summed E-state index contributed by atoms with van der Waals surface area (Å²) < 4.78 is 41.2. The quantitative estimate of drug-likeness (QED) is 0.878. The number of nitrogens with two attached hydrogens (primary N) is 1. The minimum absolute atomic E-state index is 0.166. The molecule has 0 fully saturated rings. The van der Waals surface area contributed by atoms with Gasteiger partial charge in [0.1, 0.15) is 0 Å². The standard InChI is InChI=1S/C10H8F3N3O/c11-10(12,13)9-16-15-8(17-9)7-3-1-6(5-14)2-4-7/h1-4H,5,14H2. The highest BCUT2D eigenvalue weighted by molar-refractivity contribution is 5.52. The van der Waals surface area contributed by atoms with E-state index in [-0.39, 0.29) is 5.89 Å². The monoisotopic (exact) mass is 243 g/mol. The highest BCUT2D eigenvalue weighted by Crippen LogP contribution is 2.30. The molecule has 0 aliphatic rings. The lowest BCUT2D eigenvalue weighted by Gasteiger charge is -1.99. The summed E-state index contributed by atoms with van der Waals surface area (Å²) in [7, 11) is 0. The van der Waals surface area contributed by atoms with E-state index in [4.69, 9.17) is 5.73 Å². The molecule has 0 saturated carbocycles. The smallest absolute Gasteiger partial charge is 0.413 e. The molecule has 4 nitrogen and oxygen atoms in total. The van der Waals surface area contributed by atoms with Gasteiger partial charge in [0, 0.05) is 12.1 Å². The van der Waals surface area contributed by atoms with Gasteiger partial charge in [-0.15, -0.1) is 10.2 Å². The van der Waals surface area contributed by atoms with Crippen LogP contribution >= 0.6 is 0 Å². The van der Waals surface area contributed by atoms with E-state index in [9.17, 15) is 13.2 Å². The average Bonchev–Trinajstić information content (AvgIpc) is 2.78. The molecular weight excluding hydrogens is 235 g/mol. The molecule has 2 aromatic rings. The van der Waals surface area contributed by atoms with Crippen LogP contribution in [0.3, 0.4) is 0 Å². The molecule has 0 amide bonds. The zero-order valence-corrected chi connectivity index (χ0v) is 8.53. The van der Waals surface area contributed by atoms with Crippen LogP contribution in [0, 0.1) is 0 Å². The van der Waals surface area contributed by atoms with Crippen LogP contribution in [0.25, 0.3) is 11.5 Å². The van der Waals surface area contributed by atoms with Gasteiger partial charge in [-0.1, -0.05) is 12.1 Å². The van der Waals surface area contributed by atoms with Crippen molar-refractivity contribution < 1.29 is 17.6 Å². The van der Waals surface area contributed by atoms with Crippen molar-refractivity contribution in [2.75, 3.05) is 0 Å². The molecular formula is C10H8F3N3O. The number of aromatic nitrogens is 2. The number of hydrogen-bond donors (Lipinski definition) is 1. The molecule has 0 saturated heterocycles. The Hall–Kier alpha value is -1.89. The number of benzene rings is 1. The maximum atomic E-state index is 12.2. The summed E-state index contributed by atoms with van der Waals surface area (Å²) in [6, 6.07) is 6.53. The lowest BCUT2D eigenvalue weighted by molar-refractivity contribution is -0.156. The number of hydrogen-bond acceptors (Lipinski definition) is 4. The Balaban J connectivity index is 2.30. The topological polar surface area (TPSA) is 64.9 Å². The Morgan fingerprint density at radius 1 is 1.12 bits per heavy atom. The van der Waals surface area contributed by atoms with Gasteiger partial charge in [-0.3, -0.25) is 0 Å². The molecule has 1 aromatic heterocycles. The maximum absolute atomic E-state index is 12.2. The van der Waals surface area contributed by atoms with Gasteiger partial charge in [-0.2, -0.15) is 13.2 Å². The summed E-state index contributed by atoms with van der Waals surface area (Å²) in [4.78, 5) is 0. The van der Waals surface area contributed by atoms with Gasteiger partial charge in [-0.25, -0.2) is 0 Å². The van der Waals surface area contributed by atoms with Crippen LogP contribution in [-0.2, 0) is 12.7 Å². The van der Waals surface area contributed by atoms with Gasteiger partial charge < -0.3 is 10.2 Å². The molecule has 7 heteroatoms. The number of nitrogens with zero attached hydrogens (tertiary/aromatic N) is 2. The van der Waals surface area contributed by atoms with Gasteiger partial charge >= 0.3 is 12.1 Å². The molecule has 0 unspecified atom stereocenters. The van der Waals surface area contributed by atoms with Crippen molar-refractivity contribution in [2.45, 2.75) is 12.7 Å². The zero-order valence-electron chi connectivity index (χ0n) is 8.53. The van der Waals surface area contributed by atoms with Gasteiger partial charge in [0.25, 0.3) is 0 Å². The summed E-state index contributed by atoms with van der Waals surface area (Å²) in [5, 5.41) is 6.28. The van der Waals surface area contributed by atoms with E-state index in [1.165, 1.54) is 0 Å². The van der Waals surface area contributed by atoms with Crippen LogP contribution in [0.15, 0.2) is 28.7 Å². The molecule has 0 bridgehead atoms. The third-order valence-corrected chi connectivity index (χ3v) is 2.10. The van der Waals surface area contributed by atoms with Gasteiger partial charge in [-0.05, 0) is 17.7 Å². The summed E-state index contributed by atoms with van der Waals surface area (Å²) in [5.74, 6) is -1.52. The Bertz CT molecular complexity index is 504. The Kier molecular flexibility index (Phi) is 2.84. The van der Waals surface area contributed by atoms with Crippen LogP contribution in [0.5, 0.6) is 0 Å². The molecule has 1 heterocycles. The first-order valence-corrected chi connectivity index (χ1v) is 4.71. The summed E-state index contributed by atoms with van der Waals surface area (Å²) in [6.07, 6.45) is -4.62. The maximum Gasteiger partial charge on any atom is 0.470 e. The number of halogens is 3. The lowest BCUT2D eigenvalue weighted by atomic mass is 10.1. The SMILES string of the molecule is NCc1ccc(-c2nnc(C(F)(F)F)o2)cc1. The third kappa shape index (κ3) is 2.44. The predicted octanol–water partition coefficient (Wildman–Crippen LogP) is 2.21. The predicted molar refractivity (Wildman–Crippen MR) is 52.6 cm³/mol. The van der Waals surface area contributed by atoms with Crippen LogP contribution in [0.4, 0.5) is 13.2 Å². The molecule has 17 heavy (non-hydrogen) atoms. The first-order chi connectivity index (χ1) is 8.00. The highest BCUT2D eigenvalue weighted by Gasteiger charge is 2.38. The lowest BCUT2D eigenvalue weighted by Crippen LogP contribution is -2.04. The molecule has 0 aliphatic carbocycles. The van der Waals surface area contributed by atoms with Crippen molar-refractivity contribution >= 4 is 0 Å². The van der Waals surface area contributed by atoms with Crippen molar-refractivity contribution in [1.82, 2.24) is 10.2 Å². The van der Waals surface area contributed by atoms with E-state index < -0.39 is 12.1 Å². The van der Waals surface area contributed by atoms with Crippen molar-refractivity contribution in [1.29, 1.82) is 0 Å². The molecule has 0 atom stereocenters. The fourth-order valence-corrected chi connectivity index (χ4v) is 1.24. The summed E-state index contributed by atoms with van der Waals surface area (Å²) >= 11 is 0. The fraction of sp³-hybridized carbons (Fsp3) is 0.200. The molecule has 2 N–H and O–H groups in total. The van der Waals surface area contributed by atoms with E-state index in [0.29, 0.717) is 12.1 Å². The number of alkyl halides is 3. The van der Waals surface area contributed by atoms with E-state index in [2.05, 4.69) is 14.6 Å². The van der Waals surface area contributed by atoms with Gasteiger partial charge in [0.15, 0.2) is 0 Å². The van der Waals surface area contributed by atoms with Crippen molar-refractivity contribution in [3.63, 3.8) is 0 Å². The first-order valence-electron chi connectivity index (χ1n) is 4.71. The second kappa shape index (κ2) is 4.17. The highest BCUT2D eigenvalue weighted by atomic mass is 19.4. The van der Waals surface area contributed by atoms with E-state index in [1.54, 1.807) is 24.3 Å². The van der Waals surface area contributed by atoms with Crippen molar-refractivity contribution in [3.8, 4) is 11.5 Å². The average molecular weight is 243 g/mol. The molecule has 1 aromatic carbocycles. The van der Waals surface area contributed by atoms with Crippen LogP contribution in [-0.4, -0.2) is 10.2 Å². The molecule has 0 aliphatic heterocycles. The van der Waals surface area contributed by atoms with Crippen molar-refractivity contribution in [2.24, 2.45) is 5.73 Å². The van der Waals surface area contributed by atoms with Crippen LogP contribution in [0.2, 0.25) is 0 Å². The van der Waals surface area contributed by atoms with Gasteiger partial charge in [0.2, 0.25) is 5.89 Å². The fourth-order valence-electron chi connectivity index (χ4n) is 1.24. The summed E-state index contributed by atoms with van der Waals surface area (Å²) in [6.45, 7) is 0.359. The Morgan fingerprint density at radius 2 is 1.76 bits per heavy atom. The minimum atomic E-state index is -4.62. The first kappa shape index (κ1) is 11.6. The largest absolute Gasteiger partial charge is 0.470 e.